The van der Waals surface area contributed by atoms with Gasteiger partial charge in [-0.05, 0) is 12.8 Å². The van der Waals surface area contributed by atoms with Gasteiger partial charge in [-0.25, -0.2) is 0 Å². The molecule has 1 atom stereocenters. The highest BCUT2D eigenvalue weighted by molar-refractivity contribution is 5.85. The number of rotatable bonds is 4. The van der Waals surface area contributed by atoms with Crippen LogP contribution in [0.5, 0.6) is 0 Å². The maximum atomic E-state index is 11.5. The number of hydrogen-bond acceptors (Lipinski definition) is 4. The van der Waals surface area contributed by atoms with Crippen molar-refractivity contribution in [1.29, 1.82) is 0 Å². The summed E-state index contributed by atoms with van der Waals surface area (Å²) in [6.45, 7) is 2.28. The van der Waals surface area contributed by atoms with E-state index in [1.165, 1.54) is 0 Å². The van der Waals surface area contributed by atoms with Gasteiger partial charge < -0.3 is 16.0 Å². The van der Waals surface area contributed by atoms with Crippen LogP contribution >= 0.6 is 24.8 Å². The number of carbonyl (C=O) groups is 1. The summed E-state index contributed by atoms with van der Waals surface area (Å²) in [6, 6.07) is 0.220. The molecule has 8 heteroatoms. The fourth-order valence-electron chi connectivity index (χ4n) is 2.33. The van der Waals surface area contributed by atoms with Crippen LogP contribution in [0.1, 0.15) is 19.3 Å². The molecule has 1 aromatic rings. The van der Waals surface area contributed by atoms with E-state index >= 15 is 0 Å². The van der Waals surface area contributed by atoms with Gasteiger partial charge in [0, 0.05) is 45.3 Å². The van der Waals surface area contributed by atoms with Crippen molar-refractivity contribution in [3.8, 4) is 0 Å². The number of carbonyl (C=O) groups excluding carboxylic acids is 1. The Balaban J connectivity index is 0.00000180. The zero-order chi connectivity index (χ0) is 13.0. The first-order valence-electron chi connectivity index (χ1n) is 6.42. The van der Waals surface area contributed by atoms with E-state index in [-0.39, 0.29) is 36.8 Å². The third-order valence-corrected chi connectivity index (χ3v) is 3.21. The molecule has 0 saturated carbocycles. The quantitative estimate of drug-likeness (QED) is 0.855. The first-order valence-corrected chi connectivity index (χ1v) is 6.42. The number of piperidine rings is 1. The Morgan fingerprint density at radius 1 is 1.55 bits per heavy atom. The zero-order valence-electron chi connectivity index (χ0n) is 11.6. The first-order chi connectivity index (χ1) is 8.69. The first kappa shape index (κ1) is 19.0. The lowest BCUT2D eigenvalue weighted by atomic mass is 10.1. The molecule has 20 heavy (non-hydrogen) atoms. The summed E-state index contributed by atoms with van der Waals surface area (Å²) in [6.07, 6.45) is 6.40. The third-order valence-electron chi connectivity index (χ3n) is 3.21. The second kappa shape index (κ2) is 9.05. The Bertz CT molecular complexity index is 412. The number of nitrogens with two attached hydrogens (primary N) is 1. The average Bonchev–Trinajstić information content (AvgIpc) is 2.76. The summed E-state index contributed by atoms with van der Waals surface area (Å²) in [5.74, 6) is 0.0514. The van der Waals surface area contributed by atoms with Crippen LogP contribution in [-0.4, -0.2) is 41.4 Å². The second-order valence-corrected chi connectivity index (χ2v) is 4.76. The molecule has 0 aromatic carbocycles. The summed E-state index contributed by atoms with van der Waals surface area (Å²) >= 11 is 0. The SMILES string of the molecule is Cl.Cl.Cn1cc(N2CCCC(NC(=O)CCN)C2)cn1. The predicted octanol–water partition coefficient (Wildman–Crippen LogP) is 0.697. The van der Waals surface area contributed by atoms with E-state index in [0.29, 0.717) is 13.0 Å². The summed E-state index contributed by atoms with van der Waals surface area (Å²) in [5, 5.41) is 7.22. The average molecular weight is 324 g/mol. The van der Waals surface area contributed by atoms with Crippen LogP contribution in [0.25, 0.3) is 0 Å². The number of halogens is 2. The summed E-state index contributed by atoms with van der Waals surface area (Å²) < 4.78 is 1.80. The lowest BCUT2D eigenvalue weighted by Gasteiger charge is -2.33. The van der Waals surface area contributed by atoms with Crippen LogP contribution < -0.4 is 16.0 Å². The second-order valence-electron chi connectivity index (χ2n) is 4.76. The van der Waals surface area contributed by atoms with Crippen molar-refractivity contribution in [2.24, 2.45) is 12.8 Å². The van der Waals surface area contributed by atoms with Crippen molar-refractivity contribution in [3.63, 3.8) is 0 Å². The van der Waals surface area contributed by atoms with Gasteiger partial charge in [0.25, 0.3) is 0 Å². The van der Waals surface area contributed by atoms with Crippen LogP contribution in [0.4, 0.5) is 5.69 Å². The lowest BCUT2D eigenvalue weighted by Crippen LogP contribution is -2.48. The normalized spacial score (nSPS) is 17.9. The van der Waals surface area contributed by atoms with Gasteiger partial charge in [0.15, 0.2) is 0 Å². The number of aryl methyl sites for hydroxylation is 1. The Morgan fingerprint density at radius 3 is 2.90 bits per heavy atom. The van der Waals surface area contributed by atoms with Crippen molar-refractivity contribution in [2.45, 2.75) is 25.3 Å². The van der Waals surface area contributed by atoms with Crippen LogP contribution in [0.3, 0.4) is 0 Å². The van der Waals surface area contributed by atoms with Gasteiger partial charge in [0.2, 0.25) is 5.91 Å². The Labute approximate surface area is 131 Å². The molecular weight excluding hydrogens is 301 g/mol. The number of aromatic nitrogens is 2. The molecule has 0 aliphatic carbocycles. The minimum Gasteiger partial charge on any atom is -0.367 e. The summed E-state index contributed by atoms with van der Waals surface area (Å²) in [7, 11) is 1.91. The minimum absolute atomic E-state index is 0. The fraction of sp³-hybridized carbons (Fsp3) is 0.667. The molecule has 2 heterocycles. The number of nitrogens with one attached hydrogen (secondary N) is 1. The highest BCUT2D eigenvalue weighted by Gasteiger charge is 2.21. The largest absolute Gasteiger partial charge is 0.367 e. The van der Waals surface area contributed by atoms with Crippen LogP contribution in [-0.2, 0) is 11.8 Å². The molecule has 1 unspecified atom stereocenters. The van der Waals surface area contributed by atoms with Crippen molar-refractivity contribution in [1.82, 2.24) is 15.1 Å². The molecule has 6 nitrogen and oxygen atoms in total. The Kier molecular flexibility index (Phi) is 8.60. The molecule has 3 N–H and O–H groups in total. The maximum Gasteiger partial charge on any atom is 0.221 e. The summed E-state index contributed by atoms with van der Waals surface area (Å²) in [5.41, 5.74) is 6.49. The number of hydrogen-bond donors (Lipinski definition) is 2. The highest BCUT2D eigenvalue weighted by atomic mass is 35.5. The standard InChI is InChI=1S/C12H21N5O.2ClH/c1-16-9-11(7-14-16)17-6-2-3-10(8-17)15-12(18)4-5-13;;/h7,9-10H,2-6,8,13H2,1H3,(H,15,18);2*1H. The van der Waals surface area contributed by atoms with Crippen molar-refractivity contribution >= 4 is 36.4 Å². The molecule has 0 bridgehead atoms. The molecule has 0 spiro atoms. The third kappa shape index (κ3) is 5.19. The van der Waals surface area contributed by atoms with E-state index in [1.807, 2.05) is 19.4 Å². The maximum absolute atomic E-state index is 11.5. The Morgan fingerprint density at radius 2 is 2.30 bits per heavy atom. The van der Waals surface area contributed by atoms with Crippen LogP contribution in [0, 0.1) is 0 Å². The molecule has 2 rings (SSSR count). The predicted molar refractivity (Wildman–Crippen MR) is 84.8 cm³/mol. The Hall–Kier alpha value is -0.980. The molecule has 116 valence electrons. The van der Waals surface area contributed by atoms with Crippen molar-refractivity contribution in [2.75, 3.05) is 24.5 Å². The number of amides is 1. The fourth-order valence-corrected chi connectivity index (χ4v) is 2.33. The molecule has 1 saturated heterocycles. The smallest absolute Gasteiger partial charge is 0.221 e. The molecule has 0 radical (unpaired) electrons. The van der Waals surface area contributed by atoms with Gasteiger partial charge in [0.1, 0.15) is 0 Å². The highest BCUT2D eigenvalue weighted by Crippen LogP contribution is 2.18. The molecule has 1 amide bonds. The molecule has 1 aromatic heterocycles. The number of anilines is 1. The van der Waals surface area contributed by atoms with E-state index < -0.39 is 0 Å². The van der Waals surface area contributed by atoms with E-state index in [0.717, 1.165) is 31.6 Å². The zero-order valence-corrected chi connectivity index (χ0v) is 13.3. The summed E-state index contributed by atoms with van der Waals surface area (Å²) in [4.78, 5) is 13.8. The monoisotopic (exact) mass is 323 g/mol. The topological polar surface area (TPSA) is 76.2 Å². The van der Waals surface area contributed by atoms with Gasteiger partial charge in [-0.2, -0.15) is 5.10 Å². The molecule has 1 fully saturated rings. The number of nitrogens with zero attached hydrogens (tertiary/aromatic N) is 3. The van der Waals surface area contributed by atoms with Gasteiger partial charge in [0.05, 0.1) is 11.9 Å². The molecular formula is C12H23Cl2N5O. The van der Waals surface area contributed by atoms with E-state index in [2.05, 4.69) is 15.3 Å². The van der Waals surface area contributed by atoms with Gasteiger partial charge in [-0.15, -0.1) is 24.8 Å². The van der Waals surface area contributed by atoms with E-state index in [4.69, 9.17) is 5.73 Å². The molecule has 1 aliphatic rings. The van der Waals surface area contributed by atoms with Crippen molar-refractivity contribution < 1.29 is 4.79 Å². The van der Waals surface area contributed by atoms with Gasteiger partial charge >= 0.3 is 0 Å². The minimum atomic E-state index is 0. The van der Waals surface area contributed by atoms with Gasteiger partial charge in [-0.3, -0.25) is 9.48 Å². The molecule has 1 aliphatic heterocycles. The van der Waals surface area contributed by atoms with Gasteiger partial charge in [-0.1, -0.05) is 0 Å². The van der Waals surface area contributed by atoms with Crippen LogP contribution in [0.2, 0.25) is 0 Å². The van der Waals surface area contributed by atoms with E-state index in [9.17, 15) is 4.79 Å². The lowest BCUT2D eigenvalue weighted by molar-refractivity contribution is -0.121. The van der Waals surface area contributed by atoms with E-state index in [1.54, 1.807) is 4.68 Å². The van der Waals surface area contributed by atoms with Crippen molar-refractivity contribution in [3.05, 3.63) is 12.4 Å². The van der Waals surface area contributed by atoms with Crippen LogP contribution in [0.15, 0.2) is 12.4 Å².